The molecule has 1 aromatic rings. The molecule has 0 spiro atoms. The number of anilines is 1. The normalized spacial score (nSPS) is 18.3. The molecule has 0 radical (unpaired) electrons. The van der Waals surface area contributed by atoms with Crippen LogP contribution in [-0.2, 0) is 4.74 Å². The van der Waals surface area contributed by atoms with Gasteiger partial charge in [0.15, 0.2) is 5.96 Å². The average Bonchev–Trinajstić information content (AvgIpc) is 3.48. The third-order valence-corrected chi connectivity index (χ3v) is 4.84. The third kappa shape index (κ3) is 5.30. The van der Waals surface area contributed by atoms with E-state index in [4.69, 9.17) is 4.74 Å². The van der Waals surface area contributed by atoms with E-state index in [0.29, 0.717) is 31.9 Å². The van der Waals surface area contributed by atoms with Crippen molar-refractivity contribution >= 4 is 11.6 Å². The Labute approximate surface area is 154 Å². The van der Waals surface area contributed by atoms with E-state index in [-0.39, 0.29) is 5.82 Å². The number of benzene rings is 1. The van der Waals surface area contributed by atoms with Gasteiger partial charge in [0.25, 0.3) is 0 Å². The highest BCUT2D eigenvalue weighted by molar-refractivity contribution is 5.80. The van der Waals surface area contributed by atoms with Crippen LogP contribution in [0.15, 0.2) is 23.2 Å². The zero-order valence-corrected chi connectivity index (χ0v) is 15.4. The molecule has 144 valence electrons. The van der Waals surface area contributed by atoms with Gasteiger partial charge >= 0.3 is 0 Å². The molecular formula is C19H28F2N4O. The monoisotopic (exact) mass is 366 g/mol. The van der Waals surface area contributed by atoms with Crippen molar-refractivity contribution in [2.75, 3.05) is 57.9 Å². The van der Waals surface area contributed by atoms with Gasteiger partial charge in [-0.25, -0.2) is 8.78 Å². The first-order valence-corrected chi connectivity index (χ1v) is 9.40. The van der Waals surface area contributed by atoms with Crippen molar-refractivity contribution < 1.29 is 13.5 Å². The van der Waals surface area contributed by atoms with Crippen LogP contribution >= 0.6 is 0 Å². The molecule has 0 aromatic heterocycles. The molecule has 1 heterocycles. The van der Waals surface area contributed by atoms with Gasteiger partial charge in [-0.05, 0) is 37.3 Å². The minimum absolute atomic E-state index is 0.334. The van der Waals surface area contributed by atoms with Crippen LogP contribution in [0, 0.1) is 17.6 Å². The number of aliphatic imine (C=N–C) groups is 1. The Hall–Kier alpha value is -1.89. The quantitative estimate of drug-likeness (QED) is 0.457. The summed E-state index contributed by atoms with van der Waals surface area (Å²) in [5, 5.41) is 3.36. The summed E-state index contributed by atoms with van der Waals surface area (Å²) >= 11 is 0. The van der Waals surface area contributed by atoms with Crippen molar-refractivity contribution in [3.8, 4) is 0 Å². The molecule has 1 aromatic carbocycles. The lowest BCUT2D eigenvalue weighted by atomic mass is 10.2. The zero-order chi connectivity index (χ0) is 18.4. The van der Waals surface area contributed by atoms with Crippen LogP contribution in [-0.4, -0.2) is 63.8 Å². The van der Waals surface area contributed by atoms with E-state index in [0.717, 1.165) is 44.1 Å². The van der Waals surface area contributed by atoms with Crippen LogP contribution in [0.1, 0.15) is 19.3 Å². The standard InChI is InChI=1S/C19H28F2N4O/c1-22-19(23-7-2-12-26-14-15-3-4-15)25-10-8-24(9-11-25)18-13-16(20)5-6-17(18)21/h5-6,13,15H,2-4,7-12,14H2,1H3,(H,22,23). The molecule has 5 nitrogen and oxygen atoms in total. The zero-order valence-electron chi connectivity index (χ0n) is 15.4. The van der Waals surface area contributed by atoms with Crippen molar-refractivity contribution in [2.24, 2.45) is 10.9 Å². The fourth-order valence-corrected chi connectivity index (χ4v) is 3.13. The van der Waals surface area contributed by atoms with E-state index >= 15 is 0 Å². The number of halogens is 2. The van der Waals surface area contributed by atoms with E-state index in [9.17, 15) is 8.78 Å². The molecule has 1 N–H and O–H groups in total. The molecule has 3 rings (SSSR count). The molecule has 0 bridgehead atoms. The molecule has 2 aliphatic rings. The highest BCUT2D eigenvalue weighted by Crippen LogP contribution is 2.28. The minimum atomic E-state index is -0.412. The molecule has 1 saturated heterocycles. The van der Waals surface area contributed by atoms with E-state index in [1.54, 1.807) is 7.05 Å². The van der Waals surface area contributed by atoms with Gasteiger partial charge < -0.3 is 19.9 Å². The number of rotatable bonds is 7. The summed E-state index contributed by atoms with van der Waals surface area (Å²) in [5.74, 6) is 0.861. The van der Waals surface area contributed by atoms with E-state index in [2.05, 4.69) is 15.2 Å². The lowest BCUT2D eigenvalue weighted by molar-refractivity contribution is 0.122. The molecule has 26 heavy (non-hydrogen) atoms. The van der Waals surface area contributed by atoms with E-state index < -0.39 is 5.82 Å². The van der Waals surface area contributed by atoms with Crippen LogP contribution in [0.5, 0.6) is 0 Å². The first-order chi connectivity index (χ1) is 12.7. The summed E-state index contributed by atoms with van der Waals surface area (Å²) in [6, 6.07) is 3.59. The molecule has 0 unspecified atom stereocenters. The Morgan fingerprint density at radius 1 is 1.23 bits per heavy atom. The fourth-order valence-electron chi connectivity index (χ4n) is 3.13. The second-order valence-corrected chi connectivity index (χ2v) is 6.92. The van der Waals surface area contributed by atoms with Crippen molar-refractivity contribution in [1.82, 2.24) is 10.2 Å². The molecule has 1 saturated carbocycles. The molecular weight excluding hydrogens is 338 g/mol. The Kier molecular flexibility index (Phi) is 6.66. The third-order valence-electron chi connectivity index (χ3n) is 4.84. The Morgan fingerprint density at radius 2 is 2.00 bits per heavy atom. The number of guanidine groups is 1. The number of hydrogen-bond acceptors (Lipinski definition) is 3. The van der Waals surface area contributed by atoms with Gasteiger partial charge in [0, 0.05) is 59.1 Å². The van der Waals surface area contributed by atoms with Crippen molar-refractivity contribution in [1.29, 1.82) is 0 Å². The largest absolute Gasteiger partial charge is 0.381 e. The predicted molar refractivity (Wildman–Crippen MR) is 99.7 cm³/mol. The lowest BCUT2D eigenvalue weighted by Crippen LogP contribution is -2.52. The highest BCUT2D eigenvalue weighted by Gasteiger charge is 2.22. The smallest absolute Gasteiger partial charge is 0.193 e. The highest BCUT2D eigenvalue weighted by atomic mass is 19.1. The number of nitrogens with one attached hydrogen (secondary N) is 1. The van der Waals surface area contributed by atoms with Crippen molar-refractivity contribution in [3.63, 3.8) is 0 Å². The summed E-state index contributed by atoms with van der Waals surface area (Å²) in [6.07, 6.45) is 3.58. The number of ether oxygens (including phenoxy) is 1. The Balaban J connectivity index is 1.40. The van der Waals surface area contributed by atoms with Crippen molar-refractivity contribution in [2.45, 2.75) is 19.3 Å². The maximum atomic E-state index is 13.9. The van der Waals surface area contributed by atoms with Crippen molar-refractivity contribution in [3.05, 3.63) is 29.8 Å². The van der Waals surface area contributed by atoms with Crippen LogP contribution in [0.3, 0.4) is 0 Å². The topological polar surface area (TPSA) is 40.1 Å². The van der Waals surface area contributed by atoms with Gasteiger partial charge in [-0.15, -0.1) is 0 Å². The van der Waals surface area contributed by atoms with E-state index in [1.807, 2.05) is 4.90 Å². The maximum absolute atomic E-state index is 13.9. The van der Waals surface area contributed by atoms with Gasteiger partial charge in [0.05, 0.1) is 5.69 Å². The minimum Gasteiger partial charge on any atom is -0.381 e. The Bertz CT molecular complexity index is 614. The number of piperazine rings is 1. The summed E-state index contributed by atoms with van der Waals surface area (Å²) in [7, 11) is 1.77. The van der Waals surface area contributed by atoms with Gasteiger partial charge in [0.2, 0.25) is 0 Å². The first-order valence-electron chi connectivity index (χ1n) is 9.40. The van der Waals surface area contributed by atoms with Gasteiger partial charge in [-0.1, -0.05) is 0 Å². The number of nitrogens with zero attached hydrogens (tertiary/aromatic N) is 3. The van der Waals surface area contributed by atoms with E-state index in [1.165, 1.54) is 25.0 Å². The van der Waals surface area contributed by atoms with Crippen LogP contribution in [0.4, 0.5) is 14.5 Å². The number of hydrogen-bond donors (Lipinski definition) is 1. The maximum Gasteiger partial charge on any atom is 0.193 e. The SMILES string of the molecule is CN=C(NCCCOCC1CC1)N1CCN(c2cc(F)ccc2F)CC1. The molecule has 7 heteroatoms. The average molecular weight is 366 g/mol. The summed E-state index contributed by atoms with van der Waals surface area (Å²) in [6.45, 7) is 5.18. The van der Waals surface area contributed by atoms with Crippen LogP contribution < -0.4 is 10.2 Å². The van der Waals surface area contributed by atoms with Gasteiger partial charge in [0.1, 0.15) is 11.6 Å². The molecule has 2 fully saturated rings. The molecule has 0 atom stereocenters. The summed E-state index contributed by atoms with van der Waals surface area (Å²) < 4.78 is 33.0. The summed E-state index contributed by atoms with van der Waals surface area (Å²) in [5.41, 5.74) is 0.334. The van der Waals surface area contributed by atoms with Crippen LogP contribution in [0.25, 0.3) is 0 Å². The second-order valence-electron chi connectivity index (χ2n) is 6.92. The van der Waals surface area contributed by atoms with Gasteiger partial charge in [-0.2, -0.15) is 0 Å². The second kappa shape index (κ2) is 9.16. The lowest BCUT2D eigenvalue weighted by Gasteiger charge is -2.37. The predicted octanol–water partition coefficient (Wildman–Crippen LogP) is 2.48. The molecule has 0 amide bonds. The first kappa shape index (κ1) is 18.9. The molecule has 1 aliphatic heterocycles. The fraction of sp³-hybridized carbons (Fsp3) is 0.632. The summed E-state index contributed by atoms with van der Waals surface area (Å²) in [4.78, 5) is 8.37. The Morgan fingerprint density at radius 3 is 2.69 bits per heavy atom. The van der Waals surface area contributed by atoms with Crippen LogP contribution in [0.2, 0.25) is 0 Å². The molecule has 1 aliphatic carbocycles. The van der Waals surface area contributed by atoms with Gasteiger partial charge in [-0.3, -0.25) is 4.99 Å².